The van der Waals surface area contributed by atoms with E-state index in [4.69, 9.17) is 0 Å². The first-order chi connectivity index (χ1) is 6.89. The van der Waals surface area contributed by atoms with Gasteiger partial charge < -0.3 is 0 Å². The Hall–Kier alpha value is -0.0500. The molecule has 15 heavy (non-hydrogen) atoms. The van der Waals surface area contributed by atoms with Gasteiger partial charge in [0.1, 0.15) is 0 Å². The molecule has 0 bridgehead atoms. The zero-order valence-corrected chi connectivity index (χ0v) is 11.8. The van der Waals surface area contributed by atoms with Crippen LogP contribution in [-0.2, 0) is 0 Å². The van der Waals surface area contributed by atoms with Crippen molar-refractivity contribution in [1.29, 1.82) is 0 Å². The van der Waals surface area contributed by atoms with E-state index in [1.54, 1.807) is 0 Å². The van der Waals surface area contributed by atoms with Gasteiger partial charge in [0.25, 0.3) is 0 Å². The lowest BCUT2D eigenvalue weighted by Gasteiger charge is -2.32. The van der Waals surface area contributed by atoms with Crippen molar-refractivity contribution in [2.45, 2.75) is 59.4 Å². The van der Waals surface area contributed by atoms with Gasteiger partial charge in [-0.05, 0) is 25.2 Å². The van der Waals surface area contributed by atoms with Crippen molar-refractivity contribution in [3.8, 4) is 0 Å². The summed E-state index contributed by atoms with van der Waals surface area (Å²) in [6.45, 7) is 12.0. The van der Waals surface area contributed by atoms with E-state index in [1.807, 2.05) is 0 Å². The van der Waals surface area contributed by atoms with Crippen LogP contribution in [0.3, 0.4) is 0 Å². The maximum Gasteiger partial charge on any atom is 0.0790 e. The first-order valence-corrected chi connectivity index (χ1v) is 6.52. The van der Waals surface area contributed by atoms with Gasteiger partial charge >= 0.3 is 0 Å². The summed E-state index contributed by atoms with van der Waals surface area (Å²) in [6, 6.07) is 0. The maximum atomic E-state index is 4.47. The molecule has 0 radical (unpaired) electrons. The third kappa shape index (κ3) is 6.18. The molecule has 90 valence electrons. The number of rotatable bonds is 7. The highest BCUT2D eigenvalue weighted by Crippen LogP contribution is 2.35. The minimum absolute atomic E-state index is 0.00244. The fourth-order valence-corrected chi connectivity index (χ4v) is 1.74. The summed E-state index contributed by atoms with van der Waals surface area (Å²) in [5, 5.41) is 8.67. The highest BCUT2D eigenvalue weighted by molar-refractivity contribution is 7.80. The standard InChI is InChI=1S/C12H26N2S/c1-6-11(3,4)10-12(5,7-2)14-13-8-9-15/h15H,6-10H2,1-5H3/b14-13+. The Kier molecular flexibility index (Phi) is 6.49. The number of thiol groups is 1. The van der Waals surface area contributed by atoms with Gasteiger partial charge in [0.2, 0.25) is 0 Å². The third-order valence-electron chi connectivity index (χ3n) is 3.09. The molecule has 0 aliphatic carbocycles. The second-order valence-corrected chi connectivity index (χ2v) is 5.68. The average molecular weight is 230 g/mol. The Morgan fingerprint density at radius 1 is 1.07 bits per heavy atom. The van der Waals surface area contributed by atoms with Gasteiger partial charge in [-0.15, -0.1) is 0 Å². The summed E-state index contributed by atoms with van der Waals surface area (Å²) in [5.41, 5.74) is 0.354. The van der Waals surface area contributed by atoms with Crippen LogP contribution in [0, 0.1) is 5.41 Å². The predicted octanol–water partition coefficient (Wildman–Crippen LogP) is 4.36. The molecule has 1 unspecified atom stereocenters. The second-order valence-electron chi connectivity index (χ2n) is 5.23. The zero-order valence-electron chi connectivity index (χ0n) is 10.9. The van der Waals surface area contributed by atoms with Gasteiger partial charge in [-0.3, -0.25) is 0 Å². The monoisotopic (exact) mass is 230 g/mol. The first kappa shape index (κ1) is 14.9. The summed E-state index contributed by atoms with van der Waals surface area (Å²) in [5.74, 6) is 0.778. The Bertz CT molecular complexity index is 202. The van der Waals surface area contributed by atoms with Crippen molar-refractivity contribution in [1.82, 2.24) is 0 Å². The number of azo groups is 1. The molecule has 0 aromatic rings. The molecule has 2 nitrogen and oxygen atoms in total. The number of nitrogens with zero attached hydrogens (tertiary/aromatic N) is 2. The second kappa shape index (κ2) is 6.51. The molecular weight excluding hydrogens is 204 g/mol. The molecule has 0 heterocycles. The van der Waals surface area contributed by atoms with Gasteiger partial charge in [0.05, 0.1) is 12.1 Å². The van der Waals surface area contributed by atoms with Crippen LogP contribution in [-0.4, -0.2) is 17.8 Å². The third-order valence-corrected chi connectivity index (χ3v) is 3.29. The fraction of sp³-hybridized carbons (Fsp3) is 1.00. The van der Waals surface area contributed by atoms with Crippen LogP contribution < -0.4 is 0 Å². The Morgan fingerprint density at radius 2 is 1.67 bits per heavy atom. The van der Waals surface area contributed by atoms with Crippen LogP contribution in [0.15, 0.2) is 10.2 Å². The minimum atomic E-state index is 0.00244. The number of hydrogen-bond acceptors (Lipinski definition) is 3. The molecular formula is C12H26N2S. The Labute approximate surface area is 100 Å². The lowest BCUT2D eigenvalue weighted by molar-refractivity contribution is 0.228. The maximum absolute atomic E-state index is 4.47. The first-order valence-electron chi connectivity index (χ1n) is 5.88. The lowest BCUT2D eigenvalue weighted by Crippen LogP contribution is -2.28. The smallest absolute Gasteiger partial charge is 0.0790 e. The van der Waals surface area contributed by atoms with Crippen molar-refractivity contribution >= 4 is 12.6 Å². The summed E-state index contributed by atoms with van der Waals surface area (Å²) in [4.78, 5) is 0. The molecule has 0 N–H and O–H groups in total. The van der Waals surface area contributed by atoms with Gasteiger partial charge in [0, 0.05) is 5.75 Å². The van der Waals surface area contributed by atoms with E-state index in [-0.39, 0.29) is 5.54 Å². The summed E-state index contributed by atoms with van der Waals surface area (Å²) in [6.07, 6.45) is 3.33. The topological polar surface area (TPSA) is 24.7 Å². The summed E-state index contributed by atoms with van der Waals surface area (Å²) in [7, 11) is 0. The Balaban J connectivity index is 4.43. The SMILES string of the molecule is CCC(C)(C)CC(C)(CC)/N=N/CCS. The van der Waals surface area contributed by atoms with Crippen LogP contribution in [0.1, 0.15) is 53.9 Å². The lowest BCUT2D eigenvalue weighted by atomic mass is 9.77. The predicted molar refractivity (Wildman–Crippen MR) is 71.0 cm³/mol. The molecule has 0 amide bonds. The van der Waals surface area contributed by atoms with Crippen LogP contribution in [0.5, 0.6) is 0 Å². The molecule has 3 heteroatoms. The molecule has 0 saturated carbocycles. The molecule has 0 aromatic heterocycles. The Morgan fingerprint density at radius 3 is 2.07 bits per heavy atom. The van der Waals surface area contributed by atoms with Crippen molar-refractivity contribution in [3.63, 3.8) is 0 Å². The molecule has 0 aliphatic heterocycles. The van der Waals surface area contributed by atoms with Gasteiger partial charge in [-0.1, -0.05) is 34.1 Å². The fourth-order valence-electron chi connectivity index (χ4n) is 1.65. The van der Waals surface area contributed by atoms with Crippen molar-refractivity contribution < 1.29 is 0 Å². The highest BCUT2D eigenvalue weighted by Gasteiger charge is 2.29. The van der Waals surface area contributed by atoms with Crippen LogP contribution in [0.4, 0.5) is 0 Å². The average Bonchev–Trinajstić information content (AvgIpc) is 2.18. The minimum Gasteiger partial charge on any atom is -0.193 e. The normalized spacial score (nSPS) is 16.9. The molecule has 1 atom stereocenters. The van der Waals surface area contributed by atoms with E-state index >= 15 is 0 Å². The van der Waals surface area contributed by atoms with Crippen LogP contribution in [0.25, 0.3) is 0 Å². The van der Waals surface area contributed by atoms with E-state index in [0.717, 1.165) is 25.1 Å². The van der Waals surface area contributed by atoms with E-state index in [9.17, 15) is 0 Å². The van der Waals surface area contributed by atoms with E-state index in [0.29, 0.717) is 5.41 Å². The summed E-state index contributed by atoms with van der Waals surface area (Å²) < 4.78 is 0. The van der Waals surface area contributed by atoms with Gasteiger partial charge in [-0.25, -0.2) is 0 Å². The van der Waals surface area contributed by atoms with Crippen LogP contribution >= 0.6 is 12.6 Å². The molecule has 0 aliphatic rings. The molecule has 0 spiro atoms. The summed E-state index contributed by atoms with van der Waals surface area (Å²) >= 11 is 4.13. The van der Waals surface area contributed by atoms with Crippen molar-refractivity contribution in [2.24, 2.45) is 15.6 Å². The molecule has 0 saturated heterocycles. The quantitative estimate of drug-likeness (QED) is 0.496. The van der Waals surface area contributed by atoms with Crippen LogP contribution in [0.2, 0.25) is 0 Å². The number of hydrogen-bond donors (Lipinski definition) is 1. The van der Waals surface area contributed by atoms with E-state index in [2.05, 4.69) is 57.5 Å². The molecule has 0 aromatic carbocycles. The zero-order chi connectivity index (χ0) is 11.9. The van der Waals surface area contributed by atoms with E-state index in [1.165, 1.54) is 6.42 Å². The molecule has 0 rings (SSSR count). The van der Waals surface area contributed by atoms with Gasteiger partial charge in [-0.2, -0.15) is 22.9 Å². The van der Waals surface area contributed by atoms with E-state index < -0.39 is 0 Å². The highest BCUT2D eigenvalue weighted by atomic mass is 32.1. The van der Waals surface area contributed by atoms with Gasteiger partial charge in [0.15, 0.2) is 0 Å². The van der Waals surface area contributed by atoms with Crippen molar-refractivity contribution in [3.05, 3.63) is 0 Å². The van der Waals surface area contributed by atoms with Crippen molar-refractivity contribution in [2.75, 3.05) is 12.3 Å². The largest absolute Gasteiger partial charge is 0.193 e. The molecule has 0 fully saturated rings.